The van der Waals surface area contributed by atoms with E-state index in [0.29, 0.717) is 6.54 Å². The summed E-state index contributed by atoms with van der Waals surface area (Å²) in [7, 11) is -3.62. The predicted molar refractivity (Wildman–Crippen MR) is 87.3 cm³/mol. The fraction of sp³-hybridized carbons (Fsp3) is 0.333. The van der Waals surface area contributed by atoms with Gasteiger partial charge in [0.1, 0.15) is 4.21 Å². The second-order valence-corrected chi connectivity index (χ2v) is 8.31. The second-order valence-electron chi connectivity index (χ2n) is 5.37. The van der Waals surface area contributed by atoms with E-state index in [1.54, 1.807) is 28.7 Å². The van der Waals surface area contributed by atoms with Gasteiger partial charge in [-0.2, -0.15) is 0 Å². The first-order valence-corrected chi connectivity index (χ1v) is 9.64. The fourth-order valence-corrected chi connectivity index (χ4v) is 4.25. The normalized spacial score (nSPS) is 14.6. The maximum absolute atomic E-state index is 12.4. The van der Waals surface area contributed by atoms with Crippen molar-refractivity contribution in [2.45, 2.75) is 29.6 Å². The summed E-state index contributed by atoms with van der Waals surface area (Å²) in [6.45, 7) is 0.231. The molecule has 0 saturated heterocycles. The van der Waals surface area contributed by atoms with Gasteiger partial charge in [-0.25, -0.2) is 13.1 Å². The first kappa shape index (κ1) is 16.1. The lowest BCUT2D eigenvalue weighted by atomic mass is 10.2. The quantitative estimate of drug-likeness (QED) is 0.822. The molecule has 2 heterocycles. The average molecular weight is 351 g/mol. The predicted octanol–water partition coefficient (Wildman–Crippen LogP) is 1.61. The van der Waals surface area contributed by atoms with Crippen LogP contribution in [0.25, 0.3) is 0 Å². The molecule has 1 aliphatic rings. The van der Waals surface area contributed by atoms with Crippen LogP contribution in [-0.4, -0.2) is 36.8 Å². The van der Waals surface area contributed by atoms with E-state index in [-0.39, 0.29) is 22.7 Å². The zero-order valence-corrected chi connectivity index (χ0v) is 14.0. The van der Waals surface area contributed by atoms with Crippen molar-refractivity contribution in [2.24, 2.45) is 0 Å². The van der Waals surface area contributed by atoms with Gasteiger partial charge in [0, 0.05) is 25.0 Å². The van der Waals surface area contributed by atoms with Crippen LogP contribution in [0.4, 0.5) is 0 Å². The number of nitrogens with one attached hydrogen (secondary N) is 1. The molecule has 2 aromatic heterocycles. The molecule has 0 aromatic carbocycles. The van der Waals surface area contributed by atoms with Crippen molar-refractivity contribution in [1.29, 1.82) is 0 Å². The Balaban J connectivity index is 1.63. The van der Waals surface area contributed by atoms with Gasteiger partial charge < -0.3 is 4.90 Å². The molecule has 0 atom stereocenters. The van der Waals surface area contributed by atoms with Gasteiger partial charge in [-0.3, -0.25) is 9.78 Å². The van der Waals surface area contributed by atoms with Crippen LogP contribution in [0.2, 0.25) is 0 Å². The first-order chi connectivity index (χ1) is 11.1. The topological polar surface area (TPSA) is 79.4 Å². The number of rotatable bonds is 7. The molecule has 0 bridgehead atoms. The van der Waals surface area contributed by atoms with Crippen LogP contribution < -0.4 is 4.72 Å². The Morgan fingerprint density at radius 2 is 2.17 bits per heavy atom. The molecule has 0 aliphatic heterocycles. The molecule has 0 spiro atoms. The van der Waals surface area contributed by atoms with Crippen molar-refractivity contribution >= 4 is 27.3 Å². The summed E-state index contributed by atoms with van der Waals surface area (Å²) in [5.74, 6) is -0.212. The largest absolute Gasteiger partial charge is 0.334 e. The Morgan fingerprint density at radius 1 is 1.35 bits per heavy atom. The van der Waals surface area contributed by atoms with E-state index in [9.17, 15) is 13.2 Å². The molecule has 2 aromatic rings. The van der Waals surface area contributed by atoms with Gasteiger partial charge in [-0.05, 0) is 35.9 Å². The second kappa shape index (κ2) is 6.77. The molecule has 8 heteroatoms. The van der Waals surface area contributed by atoms with E-state index in [4.69, 9.17) is 0 Å². The molecule has 23 heavy (non-hydrogen) atoms. The number of aromatic nitrogens is 1. The Morgan fingerprint density at radius 3 is 2.78 bits per heavy atom. The Hall–Kier alpha value is -1.77. The van der Waals surface area contributed by atoms with E-state index < -0.39 is 10.0 Å². The highest BCUT2D eigenvalue weighted by atomic mass is 32.2. The van der Waals surface area contributed by atoms with Crippen molar-refractivity contribution < 1.29 is 13.2 Å². The summed E-state index contributed by atoms with van der Waals surface area (Å²) in [6.07, 6.45) is 5.33. The van der Waals surface area contributed by atoms with E-state index in [2.05, 4.69) is 9.71 Å². The Bertz CT molecular complexity index is 757. The van der Waals surface area contributed by atoms with Crippen molar-refractivity contribution in [3.05, 3.63) is 47.6 Å². The maximum atomic E-state index is 12.4. The van der Waals surface area contributed by atoms with Crippen LogP contribution in [0.5, 0.6) is 0 Å². The van der Waals surface area contributed by atoms with Crippen LogP contribution in [0, 0.1) is 0 Å². The minimum atomic E-state index is -3.62. The molecule has 122 valence electrons. The van der Waals surface area contributed by atoms with Crippen LogP contribution in [0.15, 0.2) is 46.2 Å². The minimum absolute atomic E-state index is 0.203. The zero-order chi connectivity index (χ0) is 16.3. The monoisotopic (exact) mass is 351 g/mol. The third kappa shape index (κ3) is 4.15. The summed E-state index contributed by atoms with van der Waals surface area (Å²) in [4.78, 5) is 18.2. The van der Waals surface area contributed by atoms with Gasteiger partial charge in [-0.1, -0.05) is 12.1 Å². The molecule has 3 rings (SSSR count). The molecule has 0 unspecified atom stereocenters. The number of carbonyl (C=O) groups excluding carboxylic acids is 1. The van der Waals surface area contributed by atoms with Crippen LogP contribution in [-0.2, 0) is 21.4 Å². The number of amides is 1. The van der Waals surface area contributed by atoms with Gasteiger partial charge in [0.25, 0.3) is 10.0 Å². The molecular weight excluding hydrogens is 334 g/mol. The third-order valence-electron chi connectivity index (χ3n) is 3.56. The van der Waals surface area contributed by atoms with Crippen molar-refractivity contribution in [2.75, 3.05) is 6.54 Å². The van der Waals surface area contributed by atoms with Crippen LogP contribution in [0.3, 0.4) is 0 Å². The lowest BCUT2D eigenvalue weighted by Crippen LogP contribution is -2.40. The lowest BCUT2D eigenvalue weighted by molar-refractivity contribution is -0.131. The van der Waals surface area contributed by atoms with Crippen molar-refractivity contribution in [3.8, 4) is 0 Å². The van der Waals surface area contributed by atoms with E-state index in [1.807, 2.05) is 12.1 Å². The SMILES string of the molecule is O=C(CNS(=O)(=O)c1cccs1)N(Cc1cccnc1)C1CC1. The lowest BCUT2D eigenvalue weighted by Gasteiger charge is -2.22. The summed E-state index contributed by atoms with van der Waals surface area (Å²) >= 11 is 1.13. The third-order valence-corrected chi connectivity index (χ3v) is 6.36. The standard InChI is InChI=1S/C15H17N3O3S2/c19-14(10-17-23(20,21)15-4-2-8-22-15)18(13-5-6-13)11-12-3-1-7-16-9-12/h1-4,7-9,13,17H,5-6,10-11H2. The molecule has 1 N–H and O–H groups in total. The molecule has 6 nitrogen and oxygen atoms in total. The van der Waals surface area contributed by atoms with Crippen LogP contribution in [0.1, 0.15) is 18.4 Å². The van der Waals surface area contributed by atoms with Crippen LogP contribution >= 0.6 is 11.3 Å². The average Bonchev–Trinajstić information content (AvgIpc) is 3.23. The minimum Gasteiger partial charge on any atom is -0.334 e. The van der Waals surface area contributed by atoms with E-state index in [0.717, 1.165) is 29.7 Å². The maximum Gasteiger partial charge on any atom is 0.250 e. The summed E-state index contributed by atoms with van der Waals surface area (Å²) in [5, 5.41) is 1.69. The number of sulfonamides is 1. The van der Waals surface area contributed by atoms with Gasteiger partial charge in [0.05, 0.1) is 6.54 Å². The number of pyridine rings is 1. The van der Waals surface area contributed by atoms with Crippen molar-refractivity contribution in [3.63, 3.8) is 0 Å². The smallest absolute Gasteiger partial charge is 0.250 e. The summed E-state index contributed by atoms with van der Waals surface area (Å²) < 4.78 is 26.8. The first-order valence-electron chi connectivity index (χ1n) is 7.28. The number of nitrogens with zero attached hydrogens (tertiary/aromatic N) is 2. The molecule has 1 fully saturated rings. The van der Waals surface area contributed by atoms with Crippen molar-refractivity contribution in [1.82, 2.24) is 14.6 Å². The summed E-state index contributed by atoms with van der Waals surface area (Å²) in [6, 6.07) is 7.12. The van der Waals surface area contributed by atoms with E-state index in [1.165, 1.54) is 6.07 Å². The fourth-order valence-electron chi connectivity index (χ4n) is 2.24. The van der Waals surface area contributed by atoms with E-state index >= 15 is 0 Å². The zero-order valence-electron chi connectivity index (χ0n) is 12.4. The number of thiophene rings is 1. The van der Waals surface area contributed by atoms with Gasteiger partial charge in [0.2, 0.25) is 5.91 Å². The van der Waals surface area contributed by atoms with Gasteiger partial charge in [-0.15, -0.1) is 11.3 Å². The molecule has 1 amide bonds. The number of carbonyl (C=O) groups is 1. The Labute approximate surface area is 139 Å². The highest BCUT2D eigenvalue weighted by Crippen LogP contribution is 2.28. The highest BCUT2D eigenvalue weighted by Gasteiger charge is 2.33. The molecular formula is C15H17N3O3S2. The molecule has 1 saturated carbocycles. The van der Waals surface area contributed by atoms with Gasteiger partial charge >= 0.3 is 0 Å². The number of hydrogen-bond acceptors (Lipinski definition) is 5. The Kier molecular flexibility index (Phi) is 4.74. The molecule has 1 aliphatic carbocycles. The highest BCUT2D eigenvalue weighted by molar-refractivity contribution is 7.91. The number of hydrogen-bond donors (Lipinski definition) is 1. The summed E-state index contributed by atoms with van der Waals surface area (Å²) in [5.41, 5.74) is 0.939. The molecule has 0 radical (unpaired) electrons. The van der Waals surface area contributed by atoms with Gasteiger partial charge in [0.15, 0.2) is 0 Å².